The zero-order valence-corrected chi connectivity index (χ0v) is 39.7. The van der Waals surface area contributed by atoms with E-state index in [9.17, 15) is 14.7 Å². The minimum Gasteiger partial charge on any atom is -0.495 e. The first-order valence-corrected chi connectivity index (χ1v) is 24.2. The second-order valence-corrected chi connectivity index (χ2v) is 18.3. The SMILES string of the molecule is CCN1C(=O)c2c(nc(NC3CCCCC3)n2Cc2ccc(OC)c(Cl)c2)N2CCCN=C12.CCN1C(=O)c2c(nc(N[C@@H]3CCC[C@H]3O)n2Cc2ccc(OC)c(Cl)c2)N2CCCN=C12. The fourth-order valence-corrected chi connectivity index (χ4v) is 10.5. The topological polar surface area (TPSA) is 170 Å². The van der Waals surface area contributed by atoms with E-state index in [0.29, 0.717) is 95.2 Å². The fraction of sp³-hybridized carbons (Fsp3) is 0.532. The molecule has 2 aromatic heterocycles. The van der Waals surface area contributed by atoms with Gasteiger partial charge in [0, 0.05) is 45.3 Å². The Hall–Kier alpha value is -5.52. The van der Waals surface area contributed by atoms with E-state index < -0.39 is 6.10 Å². The molecule has 17 nitrogen and oxygen atoms in total. The first-order valence-electron chi connectivity index (χ1n) is 23.5. The molecule has 6 heterocycles. The van der Waals surface area contributed by atoms with Crippen molar-refractivity contribution < 1.29 is 24.2 Å². The van der Waals surface area contributed by atoms with E-state index in [1.54, 1.807) is 24.0 Å². The van der Waals surface area contributed by atoms with E-state index in [-0.39, 0.29) is 17.9 Å². The molecule has 0 radical (unpaired) electrons. The van der Waals surface area contributed by atoms with E-state index in [1.807, 2.05) is 64.3 Å². The highest BCUT2D eigenvalue weighted by Crippen LogP contribution is 2.37. The highest BCUT2D eigenvalue weighted by atomic mass is 35.5. The van der Waals surface area contributed by atoms with Crippen molar-refractivity contribution in [3.8, 4) is 11.5 Å². The number of guanidine groups is 2. The summed E-state index contributed by atoms with van der Waals surface area (Å²) < 4.78 is 14.5. The van der Waals surface area contributed by atoms with Gasteiger partial charge in [0.25, 0.3) is 11.8 Å². The van der Waals surface area contributed by atoms with Crippen LogP contribution in [0.5, 0.6) is 11.5 Å². The summed E-state index contributed by atoms with van der Waals surface area (Å²) in [4.78, 5) is 54.1. The van der Waals surface area contributed by atoms with Gasteiger partial charge in [0.1, 0.15) is 11.5 Å². The molecule has 2 aliphatic carbocycles. The number of fused-ring (bicyclic) bond motifs is 6. The molecule has 4 aromatic rings. The van der Waals surface area contributed by atoms with Crippen molar-refractivity contribution in [2.24, 2.45) is 9.98 Å². The third-order valence-electron chi connectivity index (χ3n) is 13.3. The zero-order chi connectivity index (χ0) is 46.1. The standard InChI is InChI=1S/C24H31ClN6O2.C23H29ClN6O3/c1-3-29-22(32)20-21(30-13-7-12-26-24(29)30)28-23(27-17-8-5-4-6-9-17)31(20)15-16-10-11-19(33-2)18(25)14-16;1-3-28-21(32)19-20(29-11-5-10-25-23(28)29)27-22(26-16-6-4-7-17(16)31)30(19)13-14-8-9-18(33-2)15(24)12-14/h10-11,14,17H,3-9,12-13,15H2,1-2H3,(H,27,28);8-9,12,16-17,31H,3-7,10-11,13H2,1-2H3,(H,26,27)/t;16-,17-/m.1/s1. The van der Waals surface area contributed by atoms with Gasteiger partial charge in [-0.25, -0.2) is 0 Å². The third-order valence-corrected chi connectivity index (χ3v) is 13.9. The van der Waals surface area contributed by atoms with Gasteiger partial charge >= 0.3 is 0 Å². The van der Waals surface area contributed by atoms with Crippen molar-refractivity contribution in [3.05, 3.63) is 69.0 Å². The lowest BCUT2D eigenvalue weighted by atomic mass is 9.96. The van der Waals surface area contributed by atoms with Crippen LogP contribution in [0.2, 0.25) is 10.0 Å². The summed E-state index contributed by atoms with van der Waals surface area (Å²) in [6.07, 6.45) is 9.96. The summed E-state index contributed by atoms with van der Waals surface area (Å²) >= 11 is 12.8. The highest BCUT2D eigenvalue weighted by Gasteiger charge is 2.43. The Labute approximate surface area is 395 Å². The average molecular weight is 944 g/mol. The van der Waals surface area contributed by atoms with E-state index >= 15 is 0 Å². The molecule has 6 aliphatic rings. The van der Waals surface area contributed by atoms with Crippen LogP contribution in [0.25, 0.3) is 0 Å². The number of aliphatic hydroxyl groups is 1. The summed E-state index contributed by atoms with van der Waals surface area (Å²) in [5.74, 6) is 5.13. The second-order valence-electron chi connectivity index (χ2n) is 17.5. The van der Waals surface area contributed by atoms with Crippen LogP contribution < -0.4 is 29.9 Å². The largest absolute Gasteiger partial charge is 0.495 e. The molecule has 2 aromatic carbocycles. The monoisotopic (exact) mass is 942 g/mol. The molecule has 2 saturated carbocycles. The number of aliphatic imine (C=N–C) groups is 2. The number of imidazole rings is 2. The number of aromatic nitrogens is 4. The first-order chi connectivity index (χ1) is 32.1. The predicted octanol–water partition coefficient (Wildman–Crippen LogP) is 7.34. The van der Waals surface area contributed by atoms with Crippen molar-refractivity contribution >= 4 is 70.5 Å². The van der Waals surface area contributed by atoms with E-state index in [1.165, 1.54) is 19.3 Å². The van der Waals surface area contributed by atoms with Gasteiger partial charge < -0.3 is 25.2 Å². The van der Waals surface area contributed by atoms with Gasteiger partial charge in [-0.2, -0.15) is 9.97 Å². The fourth-order valence-electron chi connectivity index (χ4n) is 9.95. The molecular formula is C47H60Cl2N12O5. The van der Waals surface area contributed by atoms with Crippen LogP contribution in [0.4, 0.5) is 23.5 Å². The van der Waals surface area contributed by atoms with Gasteiger partial charge in [-0.05, 0) is 94.2 Å². The Morgan fingerprint density at radius 3 is 1.61 bits per heavy atom. The number of halogens is 2. The number of methoxy groups -OCH3 is 2. The van der Waals surface area contributed by atoms with Gasteiger partial charge in [0.05, 0.1) is 49.5 Å². The van der Waals surface area contributed by atoms with Crippen LogP contribution in [0.1, 0.15) is 110 Å². The van der Waals surface area contributed by atoms with Gasteiger partial charge in [-0.3, -0.25) is 48.3 Å². The molecule has 2 amide bonds. The number of amides is 2. The van der Waals surface area contributed by atoms with Crippen molar-refractivity contribution in [1.82, 2.24) is 28.9 Å². The first kappa shape index (κ1) is 45.6. The predicted molar refractivity (Wildman–Crippen MR) is 258 cm³/mol. The van der Waals surface area contributed by atoms with Crippen molar-refractivity contribution in [2.75, 3.05) is 73.9 Å². The molecule has 19 heteroatoms. The second kappa shape index (κ2) is 19.8. The van der Waals surface area contributed by atoms with Crippen LogP contribution in [0.15, 0.2) is 46.4 Å². The molecule has 2 fully saturated rings. The summed E-state index contributed by atoms with van der Waals surface area (Å²) in [5.41, 5.74) is 3.05. The van der Waals surface area contributed by atoms with Gasteiger partial charge in [0.2, 0.25) is 23.8 Å². The summed E-state index contributed by atoms with van der Waals surface area (Å²) in [7, 11) is 3.19. The van der Waals surface area contributed by atoms with Crippen LogP contribution in [-0.2, 0) is 13.1 Å². The molecule has 0 unspecified atom stereocenters. The lowest BCUT2D eigenvalue weighted by molar-refractivity contribution is 0.0825. The molecule has 0 saturated heterocycles. The van der Waals surface area contributed by atoms with Crippen molar-refractivity contribution in [1.29, 1.82) is 0 Å². The number of ether oxygens (including phenoxy) is 2. The number of benzene rings is 2. The minimum atomic E-state index is -0.433. The van der Waals surface area contributed by atoms with Gasteiger partial charge in [0.15, 0.2) is 23.0 Å². The maximum atomic E-state index is 13.7. The number of carbonyl (C=O) groups excluding carboxylic acids is 2. The number of rotatable bonds is 12. The van der Waals surface area contributed by atoms with E-state index in [2.05, 4.69) is 25.5 Å². The van der Waals surface area contributed by atoms with E-state index in [0.717, 1.165) is 87.6 Å². The van der Waals surface area contributed by atoms with Crippen molar-refractivity contribution in [3.63, 3.8) is 0 Å². The Balaban J connectivity index is 0.000000166. The van der Waals surface area contributed by atoms with Crippen LogP contribution in [0, 0.1) is 0 Å². The number of carbonyl (C=O) groups is 2. The maximum Gasteiger partial charge on any atom is 0.281 e. The number of hydrogen-bond acceptors (Lipinski definition) is 13. The number of hydrogen-bond donors (Lipinski definition) is 3. The van der Waals surface area contributed by atoms with Gasteiger partial charge in [-0.15, -0.1) is 0 Å². The van der Waals surface area contributed by atoms with Crippen molar-refractivity contribution in [2.45, 2.75) is 109 Å². The number of nitrogens with one attached hydrogen (secondary N) is 2. The molecule has 352 valence electrons. The van der Waals surface area contributed by atoms with Crippen LogP contribution in [0.3, 0.4) is 0 Å². The Morgan fingerprint density at radius 2 is 1.17 bits per heavy atom. The van der Waals surface area contributed by atoms with E-state index in [4.69, 9.17) is 42.6 Å². The van der Waals surface area contributed by atoms with Gasteiger partial charge in [-0.1, -0.05) is 54.6 Å². The zero-order valence-electron chi connectivity index (χ0n) is 38.2. The Bertz CT molecular complexity index is 2520. The van der Waals surface area contributed by atoms with Crippen LogP contribution >= 0.6 is 23.2 Å². The maximum absolute atomic E-state index is 13.7. The minimum absolute atomic E-state index is 0.0480. The lowest BCUT2D eigenvalue weighted by Gasteiger charge is -2.38. The lowest BCUT2D eigenvalue weighted by Crippen LogP contribution is -2.54. The molecule has 0 spiro atoms. The number of anilines is 4. The summed E-state index contributed by atoms with van der Waals surface area (Å²) in [6.45, 7) is 8.94. The molecule has 0 bridgehead atoms. The quantitative estimate of drug-likeness (QED) is 0.130. The van der Waals surface area contributed by atoms with Crippen LogP contribution in [-0.4, -0.2) is 129 Å². The molecular weight excluding hydrogens is 884 g/mol. The number of nitrogens with zero attached hydrogens (tertiary/aromatic N) is 10. The molecule has 2 atom stereocenters. The molecule has 10 rings (SSSR count). The summed E-state index contributed by atoms with van der Waals surface area (Å²) in [6, 6.07) is 11.6. The summed E-state index contributed by atoms with van der Waals surface area (Å²) in [5, 5.41) is 18.6. The third kappa shape index (κ3) is 8.76. The normalized spacial score (nSPS) is 20.4. The average Bonchev–Trinajstić information content (AvgIpc) is 4.02. The molecule has 4 aliphatic heterocycles. The Morgan fingerprint density at radius 1 is 0.667 bits per heavy atom. The number of aliphatic hydroxyl groups excluding tert-OH is 1. The highest BCUT2D eigenvalue weighted by molar-refractivity contribution is 6.32. The molecule has 66 heavy (non-hydrogen) atoms. The smallest absolute Gasteiger partial charge is 0.281 e. The Kier molecular flexibility index (Phi) is 13.7. The molecule has 3 N–H and O–H groups in total.